The highest BCUT2D eigenvalue weighted by Gasteiger charge is 2.26. The van der Waals surface area contributed by atoms with E-state index in [2.05, 4.69) is 15.0 Å². The summed E-state index contributed by atoms with van der Waals surface area (Å²) in [5.74, 6) is 0.265. The van der Waals surface area contributed by atoms with Crippen LogP contribution in [0.1, 0.15) is 25.8 Å². The molecule has 7 nitrogen and oxygen atoms in total. The molecule has 0 aliphatic rings. The molecule has 1 amide bonds. The van der Waals surface area contributed by atoms with Crippen LogP contribution in [0.5, 0.6) is 0 Å². The van der Waals surface area contributed by atoms with Crippen molar-refractivity contribution in [1.82, 2.24) is 9.71 Å². The molecule has 1 atom stereocenters. The van der Waals surface area contributed by atoms with Crippen molar-refractivity contribution in [2.75, 3.05) is 5.32 Å². The lowest BCUT2D eigenvalue weighted by Gasteiger charge is -2.20. The minimum absolute atomic E-state index is 0.113. The smallest absolute Gasteiger partial charge is 0.242 e. The highest BCUT2D eigenvalue weighted by Crippen LogP contribution is 2.22. The highest BCUT2D eigenvalue weighted by atomic mass is 32.2. The Labute approximate surface area is 176 Å². The van der Waals surface area contributed by atoms with E-state index in [1.54, 1.807) is 36.5 Å². The van der Waals surface area contributed by atoms with E-state index in [9.17, 15) is 13.2 Å². The molecule has 30 heavy (non-hydrogen) atoms. The Morgan fingerprint density at radius 2 is 1.87 bits per heavy atom. The van der Waals surface area contributed by atoms with Gasteiger partial charge in [-0.2, -0.15) is 4.72 Å². The summed E-state index contributed by atoms with van der Waals surface area (Å²) in [5.41, 5.74) is 2.25. The maximum absolute atomic E-state index is 12.9. The van der Waals surface area contributed by atoms with Crippen molar-refractivity contribution >= 4 is 21.6 Å². The molecule has 1 heterocycles. The fourth-order valence-electron chi connectivity index (χ4n) is 2.99. The number of hydrogen-bond donors (Lipinski definition) is 2. The minimum atomic E-state index is -3.84. The predicted octanol–water partition coefficient (Wildman–Crippen LogP) is 3.98. The number of amides is 1. The molecule has 0 fully saturated rings. The zero-order chi connectivity index (χ0) is 21.7. The first kappa shape index (κ1) is 21.7. The Morgan fingerprint density at radius 3 is 2.50 bits per heavy atom. The van der Waals surface area contributed by atoms with Crippen molar-refractivity contribution in [1.29, 1.82) is 0 Å². The number of rotatable bonds is 8. The van der Waals surface area contributed by atoms with Crippen LogP contribution in [0.25, 0.3) is 11.3 Å². The predicted molar refractivity (Wildman–Crippen MR) is 115 cm³/mol. The molecule has 3 aromatic rings. The van der Waals surface area contributed by atoms with Gasteiger partial charge in [-0.25, -0.2) is 13.4 Å². The van der Waals surface area contributed by atoms with Crippen molar-refractivity contribution in [2.24, 2.45) is 5.92 Å². The van der Waals surface area contributed by atoms with Crippen LogP contribution in [0.15, 0.2) is 70.4 Å². The molecule has 0 aliphatic heterocycles. The SMILES string of the molecule is Cc1ccc(S(=O)(=O)NC(CC(C)C)C(=O)Nc2cccc(-c3cnco3)c2)cc1. The van der Waals surface area contributed by atoms with Crippen molar-refractivity contribution in [3.05, 3.63) is 66.7 Å². The van der Waals surface area contributed by atoms with Crippen LogP contribution >= 0.6 is 0 Å². The number of aromatic nitrogens is 1. The van der Waals surface area contributed by atoms with Gasteiger partial charge in [0.15, 0.2) is 12.2 Å². The molecule has 0 saturated carbocycles. The first-order chi connectivity index (χ1) is 14.2. The molecule has 2 aromatic carbocycles. The van der Waals surface area contributed by atoms with E-state index >= 15 is 0 Å². The van der Waals surface area contributed by atoms with Gasteiger partial charge in [0, 0.05) is 11.3 Å². The first-order valence-corrected chi connectivity index (χ1v) is 11.1. The summed E-state index contributed by atoms with van der Waals surface area (Å²) in [7, 11) is -3.84. The lowest BCUT2D eigenvalue weighted by Crippen LogP contribution is -2.44. The van der Waals surface area contributed by atoms with Gasteiger partial charge in [0.1, 0.15) is 6.04 Å². The summed E-state index contributed by atoms with van der Waals surface area (Å²) in [5, 5.41) is 2.80. The summed E-state index contributed by atoms with van der Waals surface area (Å²) in [6, 6.07) is 12.7. The van der Waals surface area contributed by atoms with E-state index in [0.717, 1.165) is 11.1 Å². The minimum Gasteiger partial charge on any atom is -0.444 e. The van der Waals surface area contributed by atoms with E-state index in [4.69, 9.17) is 4.42 Å². The summed E-state index contributed by atoms with van der Waals surface area (Å²) >= 11 is 0. The van der Waals surface area contributed by atoms with Gasteiger partial charge in [0.05, 0.1) is 11.1 Å². The third-order valence-electron chi connectivity index (χ3n) is 4.50. The third-order valence-corrected chi connectivity index (χ3v) is 5.99. The molecular weight excluding hydrogens is 402 g/mol. The van der Waals surface area contributed by atoms with E-state index < -0.39 is 22.0 Å². The number of oxazole rings is 1. The van der Waals surface area contributed by atoms with Gasteiger partial charge in [-0.15, -0.1) is 0 Å². The first-order valence-electron chi connectivity index (χ1n) is 9.63. The number of carbonyl (C=O) groups excluding carboxylic acids is 1. The Hall–Kier alpha value is -2.97. The summed E-state index contributed by atoms with van der Waals surface area (Å²) < 4.78 is 33.4. The number of carbonyl (C=O) groups is 1. The van der Waals surface area contributed by atoms with E-state index in [-0.39, 0.29) is 10.8 Å². The molecule has 1 aromatic heterocycles. The van der Waals surface area contributed by atoms with Gasteiger partial charge in [-0.1, -0.05) is 43.7 Å². The Bertz CT molecular complexity index is 1090. The molecule has 3 rings (SSSR count). The number of hydrogen-bond acceptors (Lipinski definition) is 5. The summed E-state index contributed by atoms with van der Waals surface area (Å²) in [4.78, 5) is 17.0. The van der Waals surface area contributed by atoms with Gasteiger partial charge in [-0.3, -0.25) is 4.79 Å². The molecule has 0 spiro atoms. The topological polar surface area (TPSA) is 101 Å². The molecule has 0 bridgehead atoms. The normalized spacial score (nSPS) is 12.7. The number of nitrogens with zero attached hydrogens (tertiary/aromatic N) is 1. The van der Waals surface area contributed by atoms with Crippen molar-refractivity contribution in [3.63, 3.8) is 0 Å². The molecule has 0 radical (unpaired) electrons. The number of aryl methyl sites for hydroxylation is 1. The molecule has 0 aliphatic carbocycles. The highest BCUT2D eigenvalue weighted by molar-refractivity contribution is 7.89. The molecular formula is C22H25N3O4S. The van der Waals surface area contributed by atoms with Gasteiger partial charge < -0.3 is 9.73 Å². The lowest BCUT2D eigenvalue weighted by molar-refractivity contribution is -0.118. The van der Waals surface area contributed by atoms with Crippen LogP contribution in [0.2, 0.25) is 0 Å². The van der Waals surface area contributed by atoms with E-state index in [0.29, 0.717) is 17.9 Å². The molecule has 0 saturated heterocycles. The quantitative estimate of drug-likeness (QED) is 0.566. The summed E-state index contributed by atoms with van der Waals surface area (Å²) in [6.07, 6.45) is 3.27. The van der Waals surface area contributed by atoms with Crippen LogP contribution in [-0.2, 0) is 14.8 Å². The van der Waals surface area contributed by atoms with Gasteiger partial charge >= 0.3 is 0 Å². The molecule has 2 N–H and O–H groups in total. The molecule has 1 unspecified atom stereocenters. The Kier molecular flexibility index (Phi) is 6.69. The second kappa shape index (κ2) is 9.23. The maximum Gasteiger partial charge on any atom is 0.242 e. The average Bonchev–Trinajstić information content (AvgIpc) is 3.22. The van der Waals surface area contributed by atoms with Crippen LogP contribution in [0, 0.1) is 12.8 Å². The van der Waals surface area contributed by atoms with E-state index in [1.165, 1.54) is 18.5 Å². The second-order valence-electron chi connectivity index (χ2n) is 7.55. The number of nitrogens with one attached hydrogen (secondary N) is 2. The zero-order valence-corrected chi connectivity index (χ0v) is 17.9. The Balaban J connectivity index is 1.79. The van der Waals surface area contributed by atoms with Crippen LogP contribution in [-0.4, -0.2) is 25.4 Å². The number of sulfonamides is 1. The van der Waals surface area contributed by atoms with Crippen molar-refractivity contribution in [3.8, 4) is 11.3 Å². The van der Waals surface area contributed by atoms with Gasteiger partial charge in [0.2, 0.25) is 15.9 Å². The van der Waals surface area contributed by atoms with Crippen LogP contribution in [0.3, 0.4) is 0 Å². The fourth-order valence-corrected chi connectivity index (χ4v) is 4.20. The van der Waals surface area contributed by atoms with Crippen molar-refractivity contribution < 1.29 is 17.6 Å². The number of anilines is 1. The Morgan fingerprint density at radius 1 is 1.13 bits per heavy atom. The monoisotopic (exact) mass is 427 g/mol. The maximum atomic E-state index is 12.9. The van der Waals surface area contributed by atoms with Gasteiger partial charge in [-0.05, 0) is 43.5 Å². The van der Waals surface area contributed by atoms with Gasteiger partial charge in [0.25, 0.3) is 0 Å². The van der Waals surface area contributed by atoms with Crippen molar-refractivity contribution in [2.45, 2.75) is 38.1 Å². The standard InChI is InChI=1S/C22H25N3O4S/c1-15(2)11-20(25-30(27,28)19-9-7-16(3)8-10-19)22(26)24-18-6-4-5-17(12-18)21-13-23-14-29-21/h4-10,12-15,20,25H,11H2,1-3H3,(H,24,26). The molecule has 158 valence electrons. The van der Waals surface area contributed by atoms with E-state index in [1.807, 2.05) is 26.8 Å². The molecule has 8 heteroatoms. The average molecular weight is 428 g/mol. The fraction of sp³-hybridized carbons (Fsp3) is 0.273. The second-order valence-corrected chi connectivity index (χ2v) is 9.27. The lowest BCUT2D eigenvalue weighted by atomic mass is 10.0. The third kappa shape index (κ3) is 5.55. The zero-order valence-electron chi connectivity index (χ0n) is 17.1. The van der Waals surface area contributed by atoms with Crippen LogP contribution < -0.4 is 10.0 Å². The summed E-state index contributed by atoms with van der Waals surface area (Å²) in [6.45, 7) is 5.75. The number of benzene rings is 2. The van der Waals surface area contributed by atoms with Crippen LogP contribution in [0.4, 0.5) is 5.69 Å². The largest absolute Gasteiger partial charge is 0.444 e.